The molecular weight excluding hydrogens is 291 g/mol. The largest absolute Gasteiger partial charge is 0.351 e. The van der Waals surface area contributed by atoms with Gasteiger partial charge in [-0.3, -0.25) is 4.79 Å². The van der Waals surface area contributed by atoms with Crippen LogP contribution in [-0.2, 0) is 6.42 Å². The fourth-order valence-corrected chi connectivity index (χ4v) is 1.83. The summed E-state index contributed by atoms with van der Waals surface area (Å²) in [6, 6.07) is 3.02. The van der Waals surface area contributed by atoms with E-state index in [1.807, 2.05) is 0 Å². The molecule has 1 amide bonds. The maximum absolute atomic E-state index is 11.8. The van der Waals surface area contributed by atoms with Gasteiger partial charge >= 0.3 is 0 Å². The Morgan fingerprint density at radius 2 is 2.16 bits per heavy atom. The summed E-state index contributed by atoms with van der Waals surface area (Å²) >= 11 is 11.5. The quantitative estimate of drug-likeness (QED) is 0.874. The van der Waals surface area contributed by atoms with E-state index in [4.69, 9.17) is 27.7 Å². The highest BCUT2D eigenvalue weighted by Crippen LogP contribution is 2.16. The van der Waals surface area contributed by atoms with Crippen LogP contribution in [0.2, 0.25) is 10.3 Å². The third-order valence-corrected chi connectivity index (χ3v) is 2.75. The molecule has 2 heterocycles. The monoisotopic (exact) mass is 300 g/mol. The number of aromatic nitrogens is 3. The molecule has 6 nitrogen and oxygen atoms in total. The van der Waals surface area contributed by atoms with E-state index in [2.05, 4.69) is 20.4 Å². The molecule has 0 aromatic carbocycles. The maximum atomic E-state index is 11.8. The van der Waals surface area contributed by atoms with Crippen LogP contribution in [0.4, 0.5) is 0 Å². The van der Waals surface area contributed by atoms with Crippen molar-refractivity contribution in [1.82, 2.24) is 20.4 Å². The van der Waals surface area contributed by atoms with Crippen LogP contribution < -0.4 is 5.32 Å². The van der Waals surface area contributed by atoms with E-state index in [1.54, 1.807) is 6.92 Å². The second-order valence-corrected chi connectivity index (χ2v) is 4.46. The lowest BCUT2D eigenvalue weighted by atomic mass is 10.2. The predicted molar refractivity (Wildman–Crippen MR) is 69.3 cm³/mol. The molecule has 2 aromatic rings. The minimum Gasteiger partial charge on any atom is -0.351 e. The number of carbonyl (C=O) groups is 1. The van der Waals surface area contributed by atoms with Crippen molar-refractivity contribution in [2.24, 2.45) is 0 Å². The van der Waals surface area contributed by atoms with Crippen molar-refractivity contribution < 1.29 is 9.32 Å². The first-order valence-electron chi connectivity index (χ1n) is 5.45. The summed E-state index contributed by atoms with van der Waals surface area (Å²) in [5.74, 6) is 0.704. The Morgan fingerprint density at radius 3 is 2.79 bits per heavy atom. The first kappa shape index (κ1) is 13.8. The van der Waals surface area contributed by atoms with Gasteiger partial charge in [0, 0.05) is 13.0 Å². The van der Waals surface area contributed by atoms with Gasteiger partial charge in [-0.1, -0.05) is 28.4 Å². The third kappa shape index (κ3) is 3.65. The lowest BCUT2D eigenvalue weighted by Gasteiger charge is -2.04. The minimum absolute atomic E-state index is 0.0682. The van der Waals surface area contributed by atoms with Gasteiger partial charge in [0.25, 0.3) is 5.91 Å². The lowest BCUT2D eigenvalue weighted by Crippen LogP contribution is -2.26. The number of hydrogen-bond donors (Lipinski definition) is 1. The van der Waals surface area contributed by atoms with Gasteiger partial charge in [-0.2, -0.15) is 4.98 Å². The van der Waals surface area contributed by atoms with Crippen molar-refractivity contribution in [3.05, 3.63) is 39.7 Å². The first-order valence-corrected chi connectivity index (χ1v) is 6.21. The van der Waals surface area contributed by atoms with Gasteiger partial charge in [0.1, 0.15) is 10.3 Å². The SMILES string of the molecule is Cc1noc(CCNC(=O)c2ccc(Cl)nc2Cl)n1. The van der Waals surface area contributed by atoms with Crippen LogP contribution in [-0.4, -0.2) is 27.6 Å². The fraction of sp³-hybridized carbons (Fsp3) is 0.273. The standard InChI is InChI=1S/C11H10Cl2N4O2/c1-6-15-9(19-17-6)4-5-14-11(18)7-2-3-8(12)16-10(7)13/h2-3H,4-5H2,1H3,(H,14,18). The van der Waals surface area contributed by atoms with Crippen LogP contribution in [0.1, 0.15) is 22.1 Å². The molecule has 0 saturated heterocycles. The summed E-state index contributed by atoms with van der Waals surface area (Å²) in [5, 5.41) is 6.64. The highest BCUT2D eigenvalue weighted by molar-refractivity contribution is 6.34. The Kier molecular flexibility index (Phi) is 4.34. The van der Waals surface area contributed by atoms with E-state index in [-0.39, 0.29) is 21.8 Å². The van der Waals surface area contributed by atoms with E-state index in [1.165, 1.54) is 12.1 Å². The molecule has 0 aliphatic heterocycles. The minimum atomic E-state index is -0.328. The molecule has 0 bridgehead atoms. The Labute approximate surface area is 119 Å². The summed E-state index contributed by atoms with van der Waals surface area (Å²) in [7, 11) is 0. The number of amides is 1. The Bertz CT molecular complexity index is 600. The first-order chi connectivity index (χ1) is 9.06. The Hall–Kier alpha value is -1.66. The number of nitrogens with zero attached hydrogens (tertiary/aromatic N) is 3. The van der Waals surface area contributed by atoms with Crippen molar-refractivity contribution in [3.63, 3.8) is 0 Å². The van der Waals surface area contributed by atoms with Gasteiger partial charge in [0.15, 0.2) is 5.82 Å². The van der Waals surface area contributed by atoms with Crippen LogP contribution in [0.15, 0.2) is 16.7 Å². The molecule has 0 atom stereocenters. The maximum Gasteiger partial charge on any atom is 0.254 e. The normalized spacial score (nSPS) is 10.5. The molecule has 0 unspecified atom stereocenters. The number of hydrogen-bond acceptors (Lipinski definition) is 5. The van der Waals surface area contributed by atoms with E-state index in [9.17, 15) is 4.79 Å². The molecule has 0 spiro atoms. The molecule has 2 aromatic heterocycles. The molecule has 19 heavy (non-hydrogen) atoms. The third-order valence-electron chi connectivity index (χ3n) is 2.25. The topological polar surface area (TPSA) is 80.9 Å². The average molecular weight is 301 g/mol. The van der Waals surface area contributed by atoms with Crippen LogP contribution >= 0.6 is 23.2 Å². The summed E-state index contributed by atoms with van der Waals surface area (Å²) in [5.41, 5.74) is 0.271. The second-order valence-electron chi connectivity index (χ2n) is 3.71. The van der Waals surface area contributed by atoms with E-state index < -0.39 is 0 Å². The van der Waals surface area contributed by atoms with Crippen LogP contribution in [0.3, 0.4) is 0 Å². The van der Waals surface area contributed by atoms with Crippen molar-refractivity contribution in [1.29, 1.82) is 0 Å². The highest BCUT2D eigenvalue weighted by atomic mass is 35.5. The van der Waals surface area contributed by atoms with Gasteiger partial charge in [-0.05, 0) is 19.1 Å². The van der Waals surface area contributed by atoms with E-state index >= 15 is 0 Å². The van der Waals surface area contributed by atoms with Crippen molar-refractivity contribution in [2.45, 2.75) is 13.3 Å². The van der Waals surface area contributed by atoms with Crippen molar-refractivity contribution in [3.8, 4) is 0 Å². The van der Waals surface area contributed by atoms with Crippen molar-refractivity contribution in [2.75, 3.05) is 6.54 Å². The summed E-state index contributed by atoms with van der Waals surface area (Å²) in [6.07, 6.45) is 0.450. The average Bonchev–Trinajstić information content (AvgIpc) is 2.75. The number of halogens is 2. The molecule has 0 radical (unpaired) electrons. The Morgan fingerprint density at radius 1 is 1.37 bits per heavy atom. The predicted octanol–water partition coefficient (Wildman–Crippen LogP) is 2.05. The van der Waals surface area contributed by atoms with Crippen LogP contribution in [0.5, 0.6) is 0 Å². The number of aryl methyl sites for hydroxylation is 1. The van der Waals surface area contributed by atoms with Gasteiger partial charge in [0.2, 0.25) is 5.89 Å². The van der Waals surface area contributed by atoms with Gasteiger partial charge in [-0.25, -0.2) is 4.98 Å². The molecule has 8 heteroatoms. The summed E-state index contributed by atoms with van der Waals surface area (Å²) < 4.78 is 4.92. The number of pyridine rings is 1. The highest BCUT2D eigenvalue weighted by Gasteiger charge is 2.12. The molecule has 100 valence electrons. The molecular formula is C11H10Cl2N4O2. The van der Waals surface area contributed by atoms with Gasteiger partial charge in [0.05, 0.1) is 5.56 Å². The zero-order valence-electron chi connectivity index (χ0n) is 9.98. The molecule has 0 saturated carbocycles. The molecule has 0 fully saturated rings. The smallest absolute Gasteiger partial charge is 0.254 e. The van der Waals surface area contributed by atoms with Crippen molar-refractivity contribution >= 4 is 29.1 Å². The number of nitrogens with one attached hydrogen (secondary N) is 1. The van der Waals surface area contributed by atoms with Crippen LogP contribution in [0, 0.1) is 6.92 Å². The van der Waals surface area contributed by atoms with E-state index in [0.29, 0.717) is 24.7 Å². The summed E-state index contributed by atoms with van der Waals surface area (Å²) in [6.45, 7) is 2.09. The Balaban J connectivity index is 1.90. The summed E-state index contributed by atoms with van der Waals surface area (Å²) in [4.78, 5) is 19.6. The molecule has 0 aliphatic carbocycles. The van der Waals surface area contributed by atoms with Gasteiger partial charge < -0.3 is 9.84 Å². The fourth-order valence-electron chi connectivity index (χ4n) is 1.40. The molecule has 2 rings (SSSR count). The second kappa shape index (κ2) is 5.99. The molecule has 1 N–H and O–H groups in total. The molecule has 0 aliphatic rings. The van der Waals surface area contributed by atoms with Crippen LogP contribution in [0.25, 0.3) is 0 Å². The number of rotatable bonds is 4. The van der Waals surface area contributed by atoms with Gasteiger partial charge in [-0.15, -0.1) is 0 Å². The zero-order chi connectivity index (χ0) is 13.8. The zero-order valence-corrected chi connectivity index (χ0v) is 11.5. The van der Waals surface area contributed by atoms with E-state index in [0.717, 1.165) is 0 Å². The number of carbonyl (C=O) groups excluding carboxylic acids is 1. The lowest BCUT2D eigenvalue weighted by molar-refractivity contribution is 0.0953.